The average Bonchev–Trinajstić information content (AvgIpc) is 2.99. The second kappa shape index (κ2) is 4.53. The lowest BCUT2D eigenvalue weighted by Crippen LogP contribution is -2.42. The molecule has 0 aromatic heterocycles. The highest BCUT2D eigenvalue weighted by Crippen LogP contribution is 2.49. The molecule has 1 aliphatic heterocycles. The van der Waals surface area contributed by atoms with Crippen molar-refractivity contribution in [2.45, 2.75) is 57.9 Å². The Morgan fingerprint density at radius 3 is 2.80 bits per heavy atom. The van der Waals surface area contributed by atoms with Crippen molar-refractivity contribution in [1.29, 1.82) is 5.26 Å². The van der Waals surface area contributed by atoms with E-state index in [2.05, 4.69) is 17.9 Å². The Bertz CT molecular complexity index is 250. The molecule has 0 aromatic rings. The normalized spacial score (nSPS) is 29.7. The highest BCUT2D eigenvalue weighted by atomic mass is 15.2. The predicted molar refractivity (Wildman–Crippen MR) is 61.4 cm³/mol. The van der Waals surface area contributed by atoms with Crippen LogP contribution in [-0.4, -0.2) is 24.0 Å². The molecule has 1 unspecified atom stereocenters. The summed E-state index contributed by atoms with van der Waals surface area (Å²) in [7, 11) is 0. The number of nitrogens with zero attached hydrogens (tertiary/aromatic N) is 2. The molecular formula is C13H22N2. The molecule has 1 atom stereocenters. The molecule has 2 fully saturated rings. The van der Waals surface area contributed by atoms with E-state index in [0.717, 1.165) is 12.5 Å². The zero-order valence-electron chi connectivity index (χ0n) is 9.84. The summed E-state index contributed by atoms with van der Waals surface area (Å²) in [6, 6.07) is 3.17. The van der Waals surface area contributed by atoms with E-state index in [1.807, 2.05) is 0 Å². The Kier molecular flexibility index (Phi) is 3.31. The Labute approximate surface area is 93.3 Å². The summed E-state index contributed by atoms with van der Waals surface area (Å²) >= 11 is 0. The molecule has 2 heteroatoms. The van der Waals surface area contributed by atoms with Crippen LogP contribution in [0.25, 0.3) is 0 Å². The molecule has 0 N–H and O–H groups in total. The molecule has 15 heavy (non-hydrogen) atoms. The second-order valence-electron chi connectivity index (χ2n) is 5.36. The first-order chi connectivity index (χ1) is 7.29. The zero-order valence-corrected chi connectivity index (χ0v) is 9.84. The van der Waals surface area contributed by atoms with Crippen molar-refractivity contribution in [2.24, 2.45) is 5.41 Å². The minimum Gasteiger partial charge on any atom is -0.300 e. The molecule has 1 aliphatic carbocycles. The van der Waals surface area contributed by atoms with Gasteiger partial charge in [0.15, 0.2) is 0 Å². The predicted octanol–water partition coefficient (Wildman–Crippen LogP) is 2.94. The van der Waals surface area contributed by atoms with Crippen LogP contribution in [0.1, 0.15) is 51.9 Å². The van der Waals surface area contributed by atoms with Crippen LogP contribution in [0.2, 0.25) is 0 Å². The molecule has 2 rings (SSSR count). The minimum absolute atomic E-state index is 0.402. The fourth-order valence-electron chi connectivity index (χ4n) is 2.90. The maximum Gasteiger partial charge on any atom is 0.0628 e. The number of piperidine rings is 1. The molecule has 1 saturated carbocycles. The standard InChI is InChI=1S/C13H22N2/c1-2-12-5-3-4-10-15(12)11-13(6-7-13)8-9-14/h12H,2-8,10-11H2,1H3. The van der Waals surface area contributed by atoms with Gasteiger partial charge >= 0.3 is 0 Å². The largest absolute Gasteiger partial charge is 0.300 e. The maximum absolute atomic E-state index is 8.83. The highest BCUT2D eigenvalue weighted by molar-refractivity contribution is 5.02. The van der Waals surface area contributed by atoms with E-state index < -0.39 is 0 Å². The molecule has 1 saturated heterocycles. The van der Waals surface area contributed by atoms with Gasteiger partial charge in [0, 0.05) is 19.0 Å². The molecule has 0 amide bonds. The average molecular weight is 206 g/mol. The Morgan fingerprint density at radius 2 is 2.20 bits per heavy atom. The molecule has 0 radical (unpaired) electrons. The topological polar surface area (TPSA) is 27.0 Å². The lowest BCUT2D eigenvalue weighted by atomic mass is 9.95. The van der Waals surface area contributed by atoms with Crippen LogP contribution in [0.15, 0.2) is 0 Å². The van der Waals surface area contributed by atoms with Gasteiger partial charge in [-0.25, -0.2) is 0 Å². The van der Waals surface area contributed by atoms with E-state index in [1.165, 1.54) is 51.6 Å². The first-order valence-corrected chi connectivity index (χ1v) is 6.41. The highest BCUT2D eigenvalue weighted by Gasteiger charge is 2.44. The van der Waals surface area contributed by atoms with Gasteiger partial charge in [-0.3, -0.25) is 4.90 Å². The summed E-state index contributed by atoms with van der Waals surface area (Å²) < 4.78 is 0. The van der Waals surface area contributed by atoms with Crippen molar-refractivity contribution >= 4 is 0 Å². The van der Waals surface area contributed by atoms with Crippen molar-refractivity contribution in [3.05, 3.63) is 0 Å². The van der Waals surface area contributed by atoms with E-state index in [1.54, 1.807) is 0 Å². The Balaban J connectivity index is 1.89. The van der Waals surface area contributed by atoms with Crippen LogP contribution in [0.5, 0.6) is 0 Å². The summed E-state index contributed by atoms with van der Waals surface area (Å²) in [5.41, 5.74) is 0.402. The van der Waals surface area contributed by atoms with Crippen molar-refractivity contribution in [1.82, 2.24) is 4.90 Å². The number of hydrogen-bond donors (Lipinski definition) is 0. The van der Waals surface area contributed by atoms with Crippen molar-refractivity contribution in [2.75, 3.05) is 13.1 Å². The van der Waals surface area contributed by atoms with Gasteiger partial charge in [-0.05, 0) is 44.1 Å². The lowest BCUT2D eigenvalue weighted by Gasteiger charge is -2.37. The number of rotatable bonds is 4. The third-order valence-electron chi connectivity index (χ3n) is 4.17. The monoisotopic (exact) mass is 206 g/mol. The minimum atomic E-state index is 0.402. The molecule has 0 aromatic carbocycles. The quantitative estimate of drug-likeness (QED) is 0.707. The molecule has 2 aliphatic rings. The van der Waals surface area contributed by atoms with E-state index in [0.29, 0.717) is 5.41 Å². The van der Waals surface area contributed by atoms with Crippen molar-refractivity contribution in [3.63, 3.8) is 0 Å². The SMILES string of the molecule is CCC1CCCCN1CC1(CC#N)CC1. The smallest absolute Gasteiger partial charge is 0.0628 e. The van der Waals surface area contributed by atoms with Gasteiger partial charge in [-0.1, -0.05) is 13.3 Å². The van der Waals surface area contributed by atoms with Crippen molar-refractivity contribution in [3.8, 4) is 6.07 Å². The van der Waals surface area contributed by atoms with Crippen LogP contribution in [0.4, 0.5) is 0 Å². The Morgan fingerprint density at radius 1 is 1.40 bits per heavy atom. The summed E-state index contributed by atoms with van der Waals surface area (Å²) in [5.74, 6) is 0. The molecular weight excluding hydrogens is 184 g/mol. The van der Waals surface area contributed by atoms with E-state index >= 15 is 0 Å². The van der Waals surface area contributed by atoms with Gasteiger partial charge in [0.1, 0.15) is 0 Å². The zero-order chi connectivity index (χ0) is 10.7. The number of hydrogen-bond acceptors (Lipinski definition) is 2. The maximum atomic E-state index is 8.83. The number of nitriles is 1. The van der Waals surface area contributed by atoms with Gasteiger partial charge < -0.3 is 0 Å². The van der Waals surface area contributed by atoms with Crippen LogP contribution in [0.3, 0.4) is 0 Å². The second-order valence-corrected chi connectivity index (χ2v) is 5.36. The van der Waals surface area contributed by atoms with Crippen molar-refractivity contribution < 1.29 is 0 Å². The van der Waals surface area contributed by atoms with Gasteiger partial charge in [-0.2, -0.15) is 5.26 Å². The molecule has 1 heterocycles. The first kappa shape index (κ1) is 11.0. The fourth-order valence-corrected chi connectivity index (χ4v) is 2.90. The summed E-state index contributed by atoms with van der Waals surface area (Å²) in [6.45, 7) is 4.76. The molecule has 0 spiro atoms. The molecule has 0 bridgehead atoms. The fraction of sp³-hybridized carbons (Fsp3) is 0.923. The molecule has 84 valence electrons. The number of likely N-dealkylation sites (tertiary alicyclic amines) is 1. The van der Waals surface area contributed by atoms with E-state index in [4.69, 9.17) is 5.26 Å². The Hall–Kier alpha value is -0.550. The van der Waals surface area contributed by atoms with E-state index in [-0.39, 0.29) is 0 Å². The molecule has 2 nitrogen and oxygen atoms in total. The summed E-state index contributed by atoms with van der Waals surface area (Å²) in [6.07, 6.45) is 8.77. The van der Waals surface area contributed by atoms with Gasteiger partial charge in [0.05, 0.1) is 6.07 Å². The lowest BCUT2D eigenvalue weighted by molar-refractivity contribution is 0.116. The van der Waals surface area contributed by atoms with Gasteiger partial charge in [0.25, 0.3) is 0 Å². The summed E-state index contributed by atoms with van der Waals surface area (Å²) in [5, 5.41) is 8.83. The third-order valence-corrected chi connectivity index (χ3v) is 4.17. The van der Waals surface area contributed by atoms with Crippen LogP contribution >= 0.6 is 0 Å². The van der Waals surface area contributed by atoms with Gasteiger partial charge in [-0.15, -0.1) is 0 Å². The van der Waals surface area contributed by atoms with Crippen LogP contribution < -0.4 is 0 Å². The summed E-state index contributed by atoms with van der Waals surface area (Å²) in [4.78, 5) is 2.66. The third kappa shape index (κ3) is 2.52. The van der Waals surface area contributed by atoms with Crippen LogP contribution in [-0.2, 0) is 0 Å². The van der Waals surface area contributed by atoms with Gasteiger partial charge in [0.2, 0.25) is 0 Å². The van der Waals surface area contributed by atoms with Crippen LogP contribution in [0, 0.1) is 16.7 Å². The van der Waals surface area contributed by atoms with E-state index in [9.17, 15) is 0 Å². The first-order valence-electron chi connectivity index (χ1n) is 6.41.